The van der Waals surface area contributed by atoms with Crippen molar-refractivity contribution in [3.8, 4) is 0 Å². The monoisotopic (exact) mass is 280 g/mol. The Morgan fingerprint density at radius 1 is 1.16 bits per heavy atom. The quantitative estimate of drug-likeness (QED) is 0.915. The van der Waals surface area contributed by atoms with Crippen LogP contribution in [-0.4, -0.2) is 24.0 Å². The Labute approximate surface area is 121 Å². The molecule has 19 heavy (non-hydrogen) atoms. The van der Waals surface area contributed by atoms with Crippen LogP contribution in [0.5, 0.6) is 0 Å². The van der Waals surface area contributed by atoms with Gasteiger partial charge in [-0.2, -0.15) is 0 Å². The van der Waals surface area contributed by atoms with Gasteiger partial charge in [0.15, 0.2) is 0 Å². The summed E-state index contributed by atoms with van der Waals surface area (Å²) >= 11 is 5.98. The van der Waals surface area contributed by atoms with Gasteiger partial charge in [-0.25, -0.2) is 0 Å². The lowest BCUT2D eigenvalue weighted by Gasteiger charge is -2.42. The summed E-state index contributed by atoms with van der Waals surface area (Å²) in [6, 6.07) is 8.56. The standard InChI is InChI=1S/C16H25ClN2/c1-11-8-12(2)10-19(9-11)16(13(3)18)14-4-6-15(17)7-5-14/h4-7,11-13,16H,8-10,18H2,1-3H3. The minimum atomic E-state index is 0.124. The van der Waals surface area contributed by atoms with Crippen LogP contribution in [0.1, 0.15) is 38.8 Å². The molecule has 2 N–H and O–H groups in total. The van der Waals surface area contributed by atoms with Crippen LogP contribution in [-0.2, 0) is 0 Å². The van der Waals surface area contributed by atoms with E-state index in [0.29, 0.717) is 6.04 Å². The zero-order chi connectivity index (χ0) is 14.0. The van der Waals surface area contributed by atoms with E-state index in [-0.39, 0.29) is 6.04 Å². The predicted octanol–water partition coefficient (Wildman–Crippen LogP) is 3.71. The molecule has 1 aliphatic rings. The molecule has 3 heteroatoms. The van der Waals surface area contributed by atoms with E-state index in [1.807, 2.05) is 12.1 Å². The third-order valence-electron chi connectivity index (χ3n) is 4.00. The Bertz CT molecular complexity index is 392. The number of hydrogen-bond acceptors (Lipinski definition) is 2. The first kappa shape index (κ1) is 14.8. The first-order valence-electron chi connectivity index (χ1n) is 7.22. The van der Waals surface area contributed by atoms with E-state index in [4.69, 9.17) is 17.3 Å². The van der Waals surface area contributed by atoms with Gasteiger partial charge in [-0.15, -0.1) is 0 Å². The summed E-state index contributed by atoms with van der Waals surface area (Å²) in [6.07, 6.45) is 1.32. The van der Waals surface area contributed by atoms with Crippen LogP contribution in [0.25, 0.3) is 0 Å². The minimum Gasteiger partial charge on any atom is -0.326 e. The van der Waals surface area contributed by atoms with Gasteiger partial charge in [0.2, 0.25) is 0 Å². The molecule has 4 atom stereocenters. The van der Waals surface area contributed by atoms with Crippen LogP contribution in [0, 0.1) is 11.8 Å². The smallest absolute Gasteiger partial charge is 0.0496 e. The Morgan fingerprint density at radius 3 is 2.16 bits per heavy atom. The summed E-state index contributed by atoms with van der Waals surface area (Å²) in [5, 5.41) is 0.785. The van der Waals surface area contributed by atoms with Crippen LogP contribution < -0.4 is 5.73 Å². The van der Waals surface area contributed by atoms with Gasteiger partial charge >= 0.3 is 0 Å². The molecule has 2 nitrogen and oxygen atoms in total. The molecule has 0 radical (unpaired) electrons. The van der Waals surface area contributed by atoms with Crippen molar-refractivity contribution in [2.24, 2.45) is 17.6 Å². The highest BCUT2D eigenvalue weighted by molar-refractivity contribution is 6.30. The molecular formula is C16H25ClN2. The second-order valence-electron chi connectivity index (χ2n) is 6.26. The van der Waals surface area contributed by atoms with Crippen molar-refractivity contribution in [3.63, 3.8) is 0 Å². The molecule has 2 rings (SSSR count). The van der Waals surface area contributed by atoms with Crippen molar-refractivity contribution in [1.82, 2.24) is 4.90 Å². The largest absolute Gasteiger partial charge is 0.326 e. The molecule has 0 bridgehead atoms. The molecule has 4 unspecified atom stereocenters. The number of piperidine rings is 1. The molecule has 1 heterocycles. The van der Waals surface area contributed by atoms with E-state index in [1.165, 1.54) is 12.0 Å². The van der Waals surface area contributed by atoms with Gasteiger partial charge in [-0.05, 0) is 42.9 Å². The molecule has 1 saturated heterocycles. The molecule has 1 aliphatic heterocycles. The average Bonchev–Trinajstić information content (AvgIpc) is 2.30. The van der Waals surface area contributed by atoms with Crippen molar-refractivity contribution < 1.29 is 0 Å². The lowest BCUT2D eigenvalue weighted by Crippen LogP contribution is -2.46. The van der Waals surface area contributed by atoms with Crippen molar-refractivity contribution in [1.29, 1.82) is 0 Å². The number of nitrogens with zero attached hydrogens (tertiary/aromatic N) is 1. The fourth-order valence-electron chi connectivity index (χ4n) is 3.45. The molecule has 1 aromatic rings. The van der Waals surface area contributed by atoms with Crippen molar-refractivity contribution >= 4 is 11.6 Å². The maximum Gasteiger partial charge on any atom is 0.0496 e. The topological polar surface area (TPSA) is 29.3 Å². The fourth-order valence-corrected chi connectivity index (χ4v) is 3.57. The van der Waals surface area contributed by atoms with Crippen LogP contribution in [0.15, 0.2) is 24.3 Å². The normalized spacial score (nSPS) is 28.1. The predicted molar refractivity (Wildman–Crippen MR) is 82.4 cm³/mol. The number of likely N-dealkylation sites (tertiary alicyclic amines) is 1. The lowest BCUT2D eigenvalue weighted by molar-refractivity contribution is 0.0847. The van der Waals surface area contributed by atoms with Gasteiger partial charge in [0, 0.05) is 30.2 Å². The van der Waals surface area contributed by atoms with Gasteiger partial charge in [0.05, 0.1) is 0 Å². The zero-order valence-electron chi connectivity index (χ0n) is 12.1. The van der Waals surface area contributed by atoms with E-state index < -0.39 is 0 Å². The zero-order valence-corrected chi connectivity index (χ0v) is 12.9. The molecule has 0 amide bonds. The Morgan fingerprint density at radius 2 is 1.68 bits per heavy atom. The van der Waals surface area contributed by atoms with Crippen molar-refractivity contribution in [2.75, 3.05) is 13.1 Å². The molecule has 0 aliphatic carbocycles. The molecule has 106 valence electrons. The van der Waals surface area contributed by atoms with Crippen LogP contribution in [0.4, 0.5) is 0 Å². The Balaban J connectivity index is 2.22. The third kappa shape index (κ3) is 3.71. The van der Waals surface area contributed by atoms with Crippen molar-refractivity contribution in [3.05, 3.63) is 34.9 Å². The highest BCUT2D eigenvalue weighted by Crippen LogP contribution is 2.31. The maximum atomic E-state index is 6.25. The summed E-state index contributed by atoms with van der Waals surface area (Å²) in [6.45, 7) is 9.05. The highest BCUT2D eigenvalue weighted by Gasteiger charge is 2.30. The van der Waals surface area contributed by atoms with E-state index in [2.05, 4.69) is 37.8 Å². The van der Waals surface area contributed by atoms with E-state index in [1.54, 1.807) is 0 Å². The summed E-state index contributed by atoms with van der Waals surface area (Å²) in [5.41, 5.74) is 7.53. The summed E-state index contributed by atoms with van der Waals surface area (Å²) in [5.74, 6) is 1.50. The molecule has 0 aromatic heterocycles. The van der Waals surface area contributed by atoms with E-state index in [0.717, 1.165) is 29.9 Å². The number of nitrogens with two attached hydrogens (primary N) is 1. The van der Waals surface area contributed by atoms with Crippen molar-refractivity contribution in [2.45, 2.75) is 39.3 Å². The van der Waals surface area contributed by atoms with Crippen LogP contribution in [0.3, 0.4) is 0 Å². The van der Waals surface area contributed by atoms with Gasteiger partial charge < -0.3 is 5.73 Å². The third-order valence-corrected chi connectivity index (χ3v) is 4.25. The Hall–Kier alpha value is -0.570. The number of rotatable bonds is 3. The summed E-state index contributed by atoms with van der Waals surface area (Å²) < 4.78 is 0. The van der Waals surface area contributed by atoms with Gasteiger partial charge in [0.1, 0.15) is 0 Å². The highest BCUT2D eigenvalue weighted by atomic mass is 35.5. The second-order valence-corrected chi connectivity index (χ2v) is 6.69. The van der Waals surface area contributed by atoms with Crippen LogP contribution in [0.2, 0.25) is 5.02 Å². The first-order chi connectivity index (χ1) is 8.97. The SMILES string of the molecule is CC1CC(C)CN(C(c2ccc(Cl)cc2)C(C)N)C1. The molecule has 0 spiro atoms. The minimum absolute atomic E-state index is 0.124. The molecule has 1 fully saturated rings. The van der Waals surface area contributed by atoms with Crippen LogP contribution >= 0.6 is 11.6 Å². The number of hydrogen-bond donors (Lipinski definition) is 1. The molecule has 0 saturated carbocycles. The average molecular weight is 281 g/mol. The maximum absolute atomic E-state index is 6.25. The fraction of sp³-hybridized carbons (Fsp3) is 0.625. The van der Waals surface area contributed by atoms with Gasteiger partial charge in [0.25, 0.3) is 0 Å². The second kappa shape index (κ2) is 6.25. The number of benzene rings is 1. The van der Waals surface area contributed by atoms with Gasteiger partial charge in [-0.3, -0.25) is 4.90 Å². The number of halogens is 1. The van der Waals surface area contributed by atoms with E-state index in [9.17, 15) is 0 Å². The lowest BCUT2D eigenvalue weighted by atomic mass is 9.88. The summed E-state index contributed by atoms with van der Waals surface area (Å²) in [4.78, 5) is 2.55. The Kier molecular flexibility index (Phi) is 4.88. The summed E-state index contributed by atoms with van der Waals surface area (Å²) in [7, 11) is 0. The molecule has 1 aromatic carbocycles. The van der Waals surface area contributed by atoms with Gasteiger partial charge in [-0.1, -0.05) is 37.6 Å². The first-order valence-corrected chi connectivity index (χ1v) is 7.60. The molecular weight excluding hydrogens is 256 g/mol. The van der Waals surface area contributed by atoms with E-state index >= 15 is 0 Å².